The van der Waals surface area contributed by atoms with E-state index in [9.17, 15) is 22.4 Å². The maximum absolute atomic E-state index is 13.6. The van der Waals surface area contributed by atoms with E-state index in [1.807, 2.05) is 0 Å². The summed E-state index contributed by atoms with van der Waals surface area (Å²) in [7, 11) is -4.00. The molecule has 0 aliphatic rings. The zero-order valence-electron chi connectivity index (χ0n) is 13.0. The highest BCUT2D eigenvalue weighted by molar-refractivity contribution is 7.89. The SMILES string of the molecule is CC(=O)Nc1cc(S(=O)(=O)NC(C)(C)CCC(=O)O)ccc1F. The van der Waals surface area contributed by atoms with Crippen molar-refractivity contribution in [2.45, 2.75) is 44.0 Å². The molecule has 0 saturated heterocycles. The number of hydrogen-bond acceptors (Lipinski definition) is 4. The molecule has 0 aliphatic heterocycles. The predicted molar refractivity (Wildman–Crippen MR) is 82.0 cm³/mol. The number of carboxylic acids is 1. The Hall–Kier alpha value is -2.00. The monoisotopic (exact) mass is 346 g/mol. The van der Waals surface area contributed by atoms with Crippen molar-refractivity contribution in [2.75, 3.05) is 5.32 Å². The van der Waals surface area contributed by atoms with Crippen LogP contribution in [0.25, 0.3) is 0 Å². The average Bonchev–Trinajstić information content (AvgIpc) is 2.37. The van der Waals surface area contributed by atoms with E-state index in [1.165, 1.54) is 6.92 Å². The van der Waals surface area contributed by atoms with Gasteiger partial charge in [0.1, 0.15) is 5.82 Å². The van der Waals surface area contributed by atoms with Gasteiger partial charge in [0, 0.05) is 18.9 Å². The lowest BCUT2D eigenvalue weighted by Crippen LogP contribution is -2.43. The summed E-state index contributed by atoms with van der Waals surface area (Å²) in [5.74, 6) is -2.33. The fourth-order valence-corrected chi connectivity index (χ4v) is 3.32. The Morgan fingerprint density at radius 1 is 1.30 bits per heavy atom. The summed E-state index contributed by atoms with van der Waals surface area (Å²) in [6, 6.07) is 3.01. The van der Waals surface area contributed by atoms with Gasteiger partial charge in [0.2, 0.25) is 15.9 Å². The van der Waals surface area contributed by atoms with E-state index >= 15 is 0 Å². The second-order valence-electron chi connectivity index (χ2n) is 5.71. The van der Waals surface area contributed by atoms with Gasteiger partial charge in [-0.05, 0) is 38.5 Å². The van der Waals surface area contributed by atoms with Crippen LogP contribution in [0.2, 0.25) is 0 Å². The van der Waals surface area contributed by atoms with Gasteiger partial charge in [0.05, 0.1) is 10.6 Å². The number of nitrogens with one attached hydrogen (secondary N) is 2. The fraction of sp³-hybridized carbons (Fsp3) is 0.429. The number of anilines is 1. The van der Waals surface area contributed by atoms with Crippen LogP contribution in [0.15, 0.2) is 23.1 Å². The van der Waals surface area contributed by atoms with Crippen molar-refractivity contribution in [3.8, 4) is 0 Å². The molecule has 7 nitrogen and oxygen atoms in total. The molecular weight excluding hydrogens is 327 g/mol. The lowest BCUT2D eigenvalue weighted by molar-refractivity contribution is -0.137. The van der Waals surface area contributed by atoms with Crippen molar-refractivity contribution >= 4 is 27.6 Å². The number of halogens is 1. The average molecular weight is 346 g/mol. The first-order valence-electron chi connectivity index (χ1n) is 6.76. The molecule has 0 aromatic heterocycles. The second-order valence-corrected chi connectivity index (χ2v) is 7.39. The summed E-state index contributed by atoms with van der Waals surface area (Å²) in [4.78, 5) is 21.4. The van der Waals surface area contributed by atoms with E-state index in [4.69, 9.17) is 5.11 Å². The number of rotatable bonds is 7. The van der Waals surface area contributed by atoms with Crippen molar-refractivity contribution in [1.29, 1.82) is 0 Å². The summed E-state index contributed by atoms with van der Waals surface area (Å²) in [6.45, 7) is 4.27. The quantitative estimate of drug-likeness (QED) is 0.696. The van der Waals surface area contributed by atoms with Crippen molar-refractivity contribution in [3.05, 3.63) is 24.0 Å². The summed E-state index contributed by atoms with van der Waals surface area (Å²) in [6.07, 6.45) is -0.114. The van der Waals surface area contributed by atoms with Gasteiger partial charge < -0.3 is 10.4 Å². The smallest absolute Gasteiger partial charge is 0.303 e. The van der Waals surface area contributed by atoms with Gasteiger partial charge in [0.25, 0.3) is 0 Å². The molecule has 0 atom stereocenters. The maximum atomic E-state index is 13.6. The van der Waals surface area contributed by atoms with Crippen LogP contribution in [0.3, 0.4) is 0 Å². The Morgan fingerprint density at radius 3 is 2.43 bits per heavy atom. The first-order chi connectivity index (χ1) is 10.4. The summed E-state index contributed by atoms with van der Waals surface area (Å²) < 4.78 is 40.6. The number of aliphatic carboxylic acids is 1. The lowest BCUT2D eigenvalue weighted by atomic mass is 10.0. The van der Waals surface area contributed by atoms with E-state index < -0.39 is 33.3 Å². The maximum Gasteiger partial charge on any atom is 0.303 e. The molecule has 0 fully saturated rings. The van der Waals surface area contributed by atoms with Gasteiger partial charge in [-0.1, -0.05) is 0 Å². The van der Waals surface area contributed by atoms with E-state index in [0.29, 0.717) is 0 Å². The molecule has 1 aromatic rings. The number of sulfonamides is 1. The number of benzene rings is 1. The third-order valence-corrected chi connectivity index (χ3v) is 4.63. The Labute approximate surface area is 133 Å². The molecule has 0 radical (unpaired) electrons. The number of amides is 1. The normalized spacial score (nSPS) is 12.0. The van der Waals surface area contributed by atoms with Crippen molar-refractivity contribution in [3.63, 3.8) is 0 Å². The van der Waals surface area contributed by atoms with E-state index in [-0.39, 0.29) is 23.4 Å². The molecule has 128 valence electrons. The third kappa shape index (κ3) is 5.95. The molecule has 23 heavy (non-hydrogen) atoms. The molecule has 9 heteroatoms. The topological polar surface area (TPSA) is 113 Å². The van der Waals surface area contributed by atoms with E-state index in [0.717, 1.165) is 18.2 Å². The fourth-order valence-electron chi connectivity index (χ4n) is 1.85. The first-order valence-corrected chi connectivity index (χ1v) is 8.24. The molecule has 1 aromatic carbocycles. The summed E-state index contributed by atoms with van der Waals surface area (Å²) >= 11 is 0. The van der Waals surface area contributed by atoms with Gasteiger partial charge >= 0.3 is 5.97 Å². The van der Waals surface area contributed by atoms with Crippen LogP contribution < -0.4 is 10.0 Å². The van der Waals surface area contributed by atoms with Crippen LogP contribution in [0.4, 0.5) is 10.1 Å². The van der Waals surface area contributed by atoms with Gasteiger partial charge in [0.15, 0.2) is 0 Å². The van der Waals surface area contributed by atoms with Crippen molar-refractivity contribution in [2.24, 2.45) is 0 Å². The van der Waals surface area contributed by atoms with Crippen LogP contribution >= 0.6 is 0 Å². The lowest BCUT2D eigenvalue weighted by Gasteiger charge is -2.25. The highest BCUT2D eigenvalue weighted by Gasteiger charge is 2.27. The van der Waals surface area contributed by atoms with Crippen LogP contribution in [0.5, 0.6) is 0 Å². The molecule has 0 saturated carbocycles. The molecule has 0 heterocycles. The highest BCUT2D eigenvalue weighted by Crippen LogP contribution is 2.22. The summed E-state index contributed by atoms with van der Waals surface area (Å²) in [5.41, 5.74) is -1.25. The van der Waals surface area contributed by atoms with Gasteiger partial charge in [-0.25, -0.2) is 17.5 Å². The Bertz CT molecular complexity index is 716. The molecule has 0 spiro atoms. The number of carbonyl (C=O) groups is 2. The standard InChI is InChI=1S/C14H19FN2O5S/c1-9(18)16-12-8-10(4-5-11(12)15)23(21,22)17-14(2,3)7-6-13(19)20/h4-5,8,17H,6-7H2,1-3H3,(H,16,18)(H,19,20). The zero-order chi connectivity index (χ0) is 17.8. The first kappa shape index (κ1) is 19.0. The molecule has 0 aliphatic carbocycles. The molecule has 1 rings (SSSR count). The summed E-state index contributed by atoms with van der Waals surface area (Å²) in [5, 5.41) is 10.9. The van der Waals surface area contributed by atoms with Gasteiger partial charge in [-0.3, -0.25) is 9.59 Å². The van der Waals surface area contributed by atoms with E-state index in [1.54, 1.807) is 13.8 Å². The Balaban J connectivity index is 3.04. The Kier molecular flexibility index (Phi) is 5.84. The minimum Gasteiger partial charge on any atom is -0.481 e. The zero-order valence-corrected chi connectivity index (χ0v) is 13.8. The number of carbonyl (C=O) groups excluding carboxylic acids is 1. The molecular formula is C14H19FN2O5S. The largest absolute Gasteiger partial charge is 0.481 e. The molecule has 1 amide bonds. The van der Waals surface area contributed by atoms with Gasteiger partial charge in [-0.2, -0.15) is 0 Å². The van der Waals surface area contributed by atoms with Crippen molar-refractivity contribution < 1.29 is 27.5 Å². The highest BCUT2D eigenvalue weighted by atomic mass is 32.2. The minimum atomic E-state index is -4.00. The second kappa shape index (κ2) is 7.05. The minimum absolute atomic E-state index is 0.0846. The third-order valence-electron chi connectivity index (χ3n) is 2.93. The predicted octanol–water partition coefficient (Wildman–Crippen LogP) is 1.71. The van der Waals surface area contributed by atoms with Gasteiger partial charge in [-0.15, -0.1) is 0 Å². The van der Waals surface area contributed by atoms with Crippen LogP contribution in [-0.4, -0.2) is 30.9 Å². The van der Waals surface area contributed by atoms with Crippen LogP contribution in [0, 0.1) is 5.82 Å². The van der Waals surface area contributed by atoms with Crippen molar-refractivity contribution in [1.82, 2.24) is 4.72 Å². The molecule has 0 bridgehead atoms. The van der Waals surface area contributed by atoms with Crippen LogP contribution in [-0.2, 0) is 19.6 Å². The molecule has 0 unspecified atom stereocenters. The Morgan fingerprint density at radius 2 is 1.91 bits per heavy atom. The van der Waals surface area contributed by atoms with Crippen LogP contribution in [0.1, 0.15) is 33.6 Å². The number of carboxylic acid groups (broad SMARTS) is 1. The molecule has 3 N–H and O–H groups in total. The van der Waals surface area contributed by atoms with E-state index in [2.05, 4.69) is 10.0 Å². The number of hydrogen-bond donors (Lipinski definition) is 3.